The minimum Gasteiger partial charge on any atom is -0.483 e. The Labute approximate surface area is 166 Å². The second-order valence-electron chi connectivity index (χ2n) is 6.26. The van der Waals surface area contributed by atoms with Crippen LogP contribution in [0.4, 0.5) is 5.13 Å². The molecule has 1 heterocycles. The molecule has 3 rings (SSSR count). The number of nitrogens with one attached hydrogen (secondary N) is 1. The standard InChI is InChI=1S/C19H18Cl2N2O2S/c1-10(2)12-5-4-11(3)8-14(12)25-9-16(24)22-19-23-18-15(26-19)7-6-13(20)17(18)21/h4-8,10H,9H2,1-3H3,(H,22,23,24). The third kappa shape index (κ3) is 4.11. The van der Waals surface area contributed by atoms with Gasteiger partial charge in [-0.15, -0.1) is 0 Å². The predicted octanol–water partition coefficient (Wildman–Crippen LogP) is 6.05. The molecule has 1 N–H and O–H groups in total. The van der Waals surface area contributed by atoms with Crippen molar-refractivity contribution in [2.45, 2.75) is 26.7 Å². The van der Waals surface area contributed by atoms with Crippen molar-refractivity contribution in [1.29, 1.82) is 0 Å². The summed E-state index contributed by atoms with van der Waals surface area (Å²) in [6, 6.07) is 9.56. The molecule has 0 fully saturated rings. The fourth-order valence-corrected chi connectivity index (χ4v) is 3.84. The quantitative estimate of drug-likeness (QED) is 0.558. The van der Waals surface area contributed by atoms with Gasteiger partial charge in [-0.1, -0.05) is 60.5 Å². The van der Waals surface area contributed by atoms with Crippen molar-refractivity contribution in [1.82, 2.24) is 4.98 Å². The molecule has 0 bridgehead atoms. The van der Waals surface area contributed by atoms with Crippen LogP contribution in [0.5, 0.6) is 5.75 Å². The van der Waals surface area contributed by atoms with Gasteiger partial charge in [0.05, 0.1) is 14.7 Å². The lowest BCUT2D eigenvalue weighted by Crippen LogP contribution is -2.20. The van der Waals surface area contributed by atoms with Crippen LogP contribution in [0, 0.1) is 6.92 Å². The maximum absolute atomic E-state index is 12.3. The Morgan fingerprint density at radius 2 is 2.04 bits per heavy atom. The van der Waals surface area contributed by atoms with Gasteiger partial charge in [0, 0.05) is 0 Å². The van der Waals surface area contributed by atoms with Crippen LogP contribution >= 0.6 is 34.5 Å². The van der Waals surface area contributed by atoms with E-state index in [2.05, 4.69) is 24.1 Å². The number of halogens is 2. The van der Waals surface area contributed by atoms with E-state index in [4.69, 9.17) is 27.9 Å². The van der Waals surface area contributed by atoms with Crippen LogP contribution in [0.3, 0.4) is 0 Å². The van der Waals surface area contributed by atoms with Crippen molar-refractivity contribution in [2.75, 3.05) is 11.9 Å². The molecule has 0 saturated heterocycles. The second-order valence-corrected chi connectivity index (χ2v) is 8.08. The number of anilines is 1. The number of nitrogens with zero attached hydrogens (tertiary/aromatic N) is 1. The summed E-state index contributed by atoms with van der Waals surface area (Å²) in [4.78, 5) is 16.6. The van der Waals surface area contributed by atoms with E-state index < -0.39 is 0 Å². The number of fused-ring (bicyclic) bond motifs is 1. The highest BCUT2D eigenvalue weighted by molar-refractivity contribution is 7.22. The summed E-state index contributed by atoms with van der Waals surface area (Å²) in [6.07, 6.45) is 0. The molecule has 7 heteroatoms. The van der Waals surface area contributed by atoms with E-state index in [1.165, 1.54) is 11.3 Å². The van der Waals surface area contributed by atoms with Gasteiger partial charge < -0.3 is 4.74 Å². The van der Waals surface area contributed by atoms with Gasteiger partial charge in [0.25, 0.3) is 5.91 Å². The molecule has 0 radical (unpaired) electrons. The zero-order valence-corrected chi connectivity index (χ0v) is 16.9. The van der Waals surface area contributed by atoms with E-state index in [9.17, 15) is 4.79 Å². The molecular weight excluding hydrogens is 391 g/mol. The SMILES string of the molecule is Cc1ccc(C(C)C)c(OCC(=O)Nc2nc3c(Cl)c(Cl)ccc3s2)c1. The zero-order valence-electron chi connectivity index (χ0n) is 14.6. The topological polar surface area (TPSA) is 51.2 Å². The molecule has 0 spiro atoms. The van der Waals surface area contributed by atoms with Gasteiger partial charge in [0.15, 0.2) is 11.7 Å². The van der Waals surface area contributed by atoms with Gasteiger partial charge in [-0.05, 0) is 42.2 Å². The van der Waals surface area contributed by atoms with E-state index in [1.807, 2.05) is 31.2 Å². The Hall–Kier alpha value is -1.82. The number of hydrogen-bond donors (Lipinski definition) is 1. The van der Waals surface area contributed by atoms with Crippen LogP contribution in [0.2, 0.25) is 10.0 Å². The average Bonchev–Trinajstić information content (AvgIpc) is 2.99. The van der Waals surface area contributed by atoms with Gasteiger partial charge in [0.2, 0.25) is 0 Å². The molecule has 3 aromatic rings. The monoisotopic (exact) mass is 408 g/mol. The molecule has 2 aromatic carbocycles. The highest BCUT2D eigenvalue weighted by Gasteiger charge is 2.14. The molecular formula is C19H18Cl2N2O2S. The average molecular weight is 409 g/mol. The first-order valence-corrected chi connectivity index (χ1v) is 9.70. The highest BCUT2D eigenvalue weighted by Crippen LogP contribution is 2.35. The number of rotatable bonds is 5. The Balaban J connectivity index is 1.70. The fourth-order valence-electron chi connectivity index (χ4n) is 2.53. The normalized spacial score (nSPS) is 11.2. The van der Waals surface area contributed by atoms with Gasteiger partial charge in [-0.2, -0.15) is 0 Å². The van der Waals surface area contributed by atoms with E-state index in [1.54, 1.807) is 6.07 Å². The molecule has 26 heavy (non-hydrogen) atoms. The summed E-state index contributed by atoms with van der Waals surface area (Å²) in [7, 11) is 0. The number of hydrogen-bond acceptors (Lipinski definition) is 4. The van der Waals surface area contributed by atoms with Crippen LogP contribution in [0.1, 0.15) is 30.9 Å². The first-order valence-electron chi connectivity index (χ1n) is 8.13. The van der Waals surface area contributed by atoms with Gasteiger partial charge in [0.1, 0.15) is 11.3 Å². The first-order chi connectivity index (χ1) is 12.3. The third-order valence-corrected chi connectivity index (χ3v) is 5.58. The van der Waals surface area contributed by atoms with E-state index in [0.29, 0.717) is 26.6 Å². The van der Waals surface area contributed by atoms with Crippen molar-refractivity contribution in [2.24, 2.45) is 0 Å². The predicted molar refractivity (Wildman–Crippen MR) is 109 cm³/mol. The number of ether oxygens (including phenoxy) is 1. The van der Waals surface area contributed by atoms with Crippen molar-refractivity contribution < 1.29 is 9.53 Å². The number of thiazole rings is 1. The van der Waals surface area contributed by atoms with Crippen LogP contribution in [-0.4, -0.2) is 17.5 Å². The molecule has 136 valence electrons. The second kappa shape index (κ2) is 7.82. The Morgan fingerprint density at radius 1 is 1.27 bits per heavy atom. The lowest BCUT2D eigenvalue weighted by Gasteiger charge is -2.14. The maximum Gasteiger partial charge on any atom is 0.264 e. The van der Waals surface area contributed by atoms with E-state index in [0.717, 1.165) is 21.6 Å². The van der Waals surface area contributed by atoms with Crippen molar-refractivity contribution >= 4 is 55.8 Å². The molecule has 0 aliphatic rings. The van der Waals surface area contributed by atoms with Crippen LogP contribution in [0.25, 0.3) is 10.2 Å². The number of aryl methyl sites for hydroxylation is 1. The number of carbonyl (C=O) groups is 1. The zero-order chi connectivity index (χ0) is 18.8. The number of amides is 1. The molecule has 0 aliphatic heterocycles. The lowest BCUT2D eigenvalue weighted by molar-refractivity contribution is -0.118. The minimum absolute atomic E-state index is 0.0897. The first kappa shape index (κ1) is 19.0. The van der Waals surface area contributed by atoms with Crippen LogP contribution in [-0.2, 0) is 4.79 Å². The summed E-state index contributed by atoms with van der Waals surface area (Å²) < 4.78 is 6.61. The Kier molecular flexibility index (Phi) is 5.70. The van der Waals surface area contributed by atoms with Crippen molar-refractivity contribution in [3.63, 3.8) is 0 Å². The Bertz CT molecular complexity index is 970. The summed E-state index contributed by atoms with van der Waals surface area (Å²) in [5, 5.41) is 4.04. The lowest BCUT2D eigenvalue weighted by atomic mass is 10.0. The van der Waals surface area contributed by atoms with Gasteiger partial charge >= 0.3 is 0 Å². The highest BCUT2D eigenvalue weighted by atomic mass is 35.5. The summed E-state index contributed by atoms with van der Waals surface area (Å²) in [5.74, 6) is 0.765. The van der Waals surface area contributed by atoms with Crippen LogP contribution in [0.15, 0.2) is 30.3 Å². The number of benzene rings is 2. The van der Waals surface area contributed by atoms with E-state index in [-0.39, 0.29) is 12.5 Å². The molecule has 0 atom stereocenters. The molecule has 0 saturated carbocycles. The van der Waals surface area contributed by atoms with Crippen LogP contribution < -0.4 is 10.1 Å². The molecule has 0 unspecified atom stereocenters. The van der Waals surface area contributed by atoms with Gasteiger partial charge in [-0.25, -0.2) is 4.98 Å². The molecule has 0 aliphatic carbocycles. The minimum atomic E-state index is -0.275. The fraction of sp³-hybridized carbons (Fsp3) is 0.263. The number of carbonyl (C=O) groups excluding carboxylic acids is 1. The van der Waals surface area contributed by atoms with Crippen molar-refractivity contribution in [3.05, 3.63) is 51.5 Å². The van der Waals surface area contributed by atoms with Crippen molar-refractivity contribution in [3.8, 4) is 5.75 Å². The molecule has 4 nitrogen and oxygen atoms in total. The van der Waals surface area contributed by atoms with Gasteiger partial charge in [-0.3, -0.25) is 10.1 Å². The maximum atomic E-state index is 12.3. The summed E-state index contributed by atoms with van der Waals surface area (Å²) >= 11 is 13.5. The smallest absolute Gasteiger partial charge is 0.264 e. The molecule has 1 aromatic heterocycles. The summed E-state index contributed by atoms with van der Waals surface area (Å²) in [5.41, 5.74) is 2.74. The van der Waals surface area contributed by atoms with E-state index >= 15 is 0 Å². The number of aromatic nitrogens is 1. The Morgan fingerprint density at radius 3 is 2.77 bits per heavy atom. The largest absolute Gasteiger partial charge is 0.483 e. The third-order valence-electron chi connectivity index (χ3n) is 3.85. The summed E-state index contributed by atoms with van der Waals surface area (Å²) in [6.45, 7) is 6.09. The molecule has 1 amide bonds.